The number of hydrogen-bond acceptors (Lipinski definition) is 6. The summed E-state index contributed by atoms with van der Waals surface area (Å²) in [7, 11) is 0. The van der Waals surface area contributed by atoms with Gasteiger partial charge in [0.25, 0.3) is 5.91 Å². The number of aromatic amines is 1. The van der Waals surface area contributed by atoms with Gasteiger partial charge in [0.1, 0.15) is 18.1 Å². The molecule has 0 bridgehead atoms. The molecule has 8 nitrogen and oxygen atoms in total. The van der Waals surface area contributed by atoms with Crippen LogP contribution in [-0.4, -0.2) is 53.2 Å². The lowest BCUT2D eigenvalue weighted by molar-refractivity contribution is -0.131. The quantitative estimate of drug-likeness (QED) is 0.503. The number of benzene rings is 2. The number of nitrogens with zero attached hydrogens (tertiary/aromatic N) is 2. The van der Waals surface area contributed by atoms with Crippen LogP contribution in [0.3, 0.4) is 0 Å². The predicted octanol–water partition coefficient (Wildman–Crippen LogP) is 4.12. The number of likely N-dealkylation sites (tertiary alicyclic amines) is 1. The van der Waals surface area contributed by atoms with Crippen LogP contribution in [0.2, 0.25) is 0 Å². The zero-order valence-corrected chi connectivity index (χ0v) is 18.7. The van der Waals surface area contributed by atoms with Crippen molar-refractivity contribution in [3.8, 4) is 22.8 Å². The third kappa shape index (κ3) is 5.98. The van der Waals surface area contributed by atoms with E-state index in [1.54, 1.807) is 18.2 Å². The van der Waals surface area contributed by atoms with Crippen LogP contribution in [0.1, 0.15) is 36.5 Å². The summed E-state index contributed by atoms with van der Waals surface area (Å²) in [5.74, 6) is 0.343. The van der Waals surface area contributed by atoms with E-state index in [2.05, 4.69) is 20.4 Å². The highest BCUT2D eigenvalue weighted by Gasteiger charge is 2.16. The number of anilines is 1. The van der Waals surface area contributed by atoms with Crippen LogP contribution >= 0.6 is 0 Å². The fourth-order valence-corrected chi connectivity index (χ4v) is 3.88. The molecule has 172 valence electrons. The second kappa shape index (κ2) is 10.8. The average molecular weight is 449 g/mol. The first-order valence-corrected chi connectivity index (χ1v) is 11.2. The standard InChI is InChI=1S/C25H28N4O4/c1-18(30)33-23-17-26-28-24(23)21-7-3-4-8-22(21)27-25(31)19-9-11-20(12-10-19)32-16-15-29-13-5-2-6-14-29/h3-4,7-12,17H,2,5-6,13-16H2,1H3,(H,26,28)(H,27,31). The molecular weight excluding hydrogens is 420 g/mol. The number of esters is 1. The van der Waals surface area contributed by atoms with Gasteiger partial charge >= 0.3 is 5.97 Å². The molecule has 2 heterocycles. The van der Waals surface area contributed by atoms with Crippen molar-refractivity contribution in [1.82, 2.24) is 15.1 Å². The van der Waals surface area contributed by atoms with Crippen molar-refractivity contribution < 1.29 is 19.1 Å². The predicted molar refractivity (Wildman–Crippen MR) is 126 cm³/mol. The van der Waals surface area contributed by atoms with E-state index in [1.165, 1.54) is 32.4 Å². The maximum atomic E-state index is 12.9. The number of carbonyl (C=O) groups excluding carboxylic acids is 2. The van der Waals surface area contributed by atoms with Crippen LogP contribution in [-0.2, 0) is 4.79 Å². The van der Waals surface area contributed by atoms with Crippen LogP contribution in [0.4, 0.5) is 5.69 Å². The lowest BCUT2D eigenvalue weighted by atomic mass is 10.1. The molecule has 0 spiro atoms. The summed E-state index contributed by atoms with van der Waals surface area (Å²) in [5, 5.41) is 9.72. The Balaban J connectivity index is 1.39. The second-order valence-electron chi connectivity index (χ2n) is 7.98. The summed E-state index contributed by atoms with van der Waals surface area (Å²) in [4.78, 5) is 26.7. The fourth-order valence-electron chi connectivity index (χ4n) is 3.88. The zero-order chi connectivity index (χ0) is 23.0. The van der Waals surface area contributed by atoms with Crippen molar-refractivity contribution in [1.29, 1.82) is 0 Å². The molecule has 1 aliphatic rings. The summed E-state index contributed by atoms with van der Waals surface area (Å²) in [6, 6.07) is 14.4. The Bertz CT molecular complexity index is 1090. The first-order chi connectivity index (χ1) is 16.1. The number of aromatic nitrogens is 2. The van der Waals surface area contributed by atoms with E-state index in [9.17, 15) is 9.59 Å². The number of piperidine rings is 1. The lowest BCUT2D eigenvalue weighted by Crippen LogP contribution is -2.33. The number of H-pyrrole nitrogens is 1. The number of ether oxygens (including phenoxy) is 2. The number of para-hydroxylation sites is 1. The monoisotopic (exact) mass is 448 g/mol. The third-order valence-electron chi connectivity index (χ3n) is 5.54. The lowest BCUT2D eigenvalue weighted by Gasteiger charge is -2.26. The van der Waals surface area contributed by atoms with E-state index in [0.29, 0.717) is 34.9 Å². The molecule has 3 aromatic rings. The Kier molecular flexibility index (Phi) is 7.36. The molecule has 0 radical (unpaired) electrons. The maximum Gasteiger partial charge on any atom is 0.308 e. The highest BCUT2D eigenvalue weighted by Crippen LogP contribution is 2.33. The second-order valence-corrected chi connectivity index (χ2v) is 7.98. The van der Waals surface area contributed by atoms with Gasteiger partial charge in [-0.25, -0.2) is 0 Å². The number of hydrogen-bond donors (Lipinski definition) is 2. The molecule has 4 rings (SSSR count). The largest absolute Gasteiger partial charge is 0.492 e. The molecule has 1 aromatic heterocycles. The topological polar surface area (TPSA) is 96.5 Å². The van der Waals surface area contributed by atoms with Gasteiger partial charge < -0.3 is 14.8 Å². The molecule has 1 fully saturated rings. The molecule has 0 saturated carbocycles. The summed E-state index contributed by atoms with van der Waals surface area (Å²) < 4.78 is 11.1. The van der Waals surface area contributed by atoms with Crippen molar-refractivity contribution in [2.75, 3.05) is 31.6 Å². The van der Waals surface area contributed by atoms with Crippen LogP contribution in [0.15, 0.2) is 54.7 Å². The van der Waals surface area contributed by atoms with Crippen LogP contribution in [0.5, 0.6) is 11.5 Å². The molecule has 1 aliphatic heterocycles. The minimum absolute atomic E-state index is 0.254. The number of carbonyl (C=O) groups is 2. The molecule has 1 amide bonds. The number of rotatable bonds is 8. The zero-order valence-electron chi connectivity index (χ0n) is 18.7. The summed E-state index contributed by atoms with van der Waals surface area (Å²) in [6.07, 6.45) is 5.27. The van der Waals surface area contributed by atoms with Gasteiger partial charge in [-0.3, -0.25) is 19.6 Å². The maximum absolute atomic E-state index is 12.9. The van der Waals surface area contributed by atoms with Gasteiger partial charge in [0, 0.05) is 24.6 Å². The number of amides is 1. The van der Waals surface area contributed by atoms with Gasteiger partial charge in [-0.05, 0) is 56.3 Å². The highest BCUT2D eigenvalue weighted by molar-refractivity contribution is 6.06. The minimum atomic E-state index is -0.447. The summed E-state index contributed by atoms with van der Waals surface area (Å²) in [6.45, 7) is 5.16. The van der Waals surface area contributed by atoms with E-state index < -0.39 is 5.97 Å². The van der Waals surface area contributed by atoms with E-state index in [1.807, 2.05) is 30.3 Å². The van der Waals surface area contributed by atoms with Gasteiger partial charge in [0.2, 0.25) is 0 Å². The Labute approximate surface area is 192 Å². The highest BCUT2D eigenvalue weighted by atomic mass is 16.5. The van der Waals surface area contributed by atoms with Crippen molar-refractivity contribution in [2.24, 2.45) is 0 Å². The molecule has 0 unspecified atom stereocenters. The molecule has 2 N–H and O–H groups in total. The van der Waals surface area contributed by atoms with Crippen LogP contribution in [0.25, 0.3) is 11.3 Å². The molecule has 0 aliphatic carbocycles. The summed E-state index contributed by atoms with van der Waals surface area (Å²) >= 11 is 0. The van der Waals surface area contributed by atoms with E-state index >= 15 is 0 Å². The van der Waals surface area contributed by atoms with Crippen molar-refractivity contribution in [2.45, 2.75) is 26.2 Å². The summed E-state index contributed by atoms with van der Waals surface area (Å²) in [5.41, 5.74) is 2.26. The van der Waals surface area contributed by atoms with Crippen molar-refractivity contribution in [3.63, 3.8) is 0 Å². The van der Waals surface area contributed by atoms with Crippen molar-refractivity contribution in [3.05, 3.63) is 60.3 Å². The minimum Gasteiger partial charge on any atom is -0.492 e. The van der Waals surface area contributed by atoms with Gasteiger partial charge in [0.05, 0.1) is 11.9 Å². The number of nitrogens with one attached hydrogen (secondary N) is 2. The first-order valence-electron chi connectivity index (χ1n) is 11.2. The molecule has 2 aromatic carbocycles. The first kappa shape index (κ1) is 22.5. The van der Waals surface area contributed by atoms with Gasteiger partial charge in [-0.15, -0.1) is 0 Å². The van der Waals surface area contributed by atoms with Gasteiger partial charge in [-0.1, -0.05) is 24.6 Å². The molecular formula is C25H28N4O4. The Hall–Kier alpha value is -3.65. The SMILES string of the molecule is CC(=O)Oc1cn[nH]c1-c1ccccc1NC(=O)c1ccc(OCCN2CCCCC2)cc1. The fraction of sp³-hybridized carbons (Fsp3) is 0.320. The smallest absolute Gasteiger partial charge is 0.308 e. The van der Waals surface area contributed by atoms with Crippen molar-refractivity contribution >= 4 is 17.6 Å². The van der Waals surface area contributed by atoms with E-state index in [-0.39, 0.29) is 5.91 Å². The molecule has 8 heteroatoms. The van der Waals surface area contributed by atoms with Gasteiger partial charge in [0.15, 0.2) is 5.75 Å². The van der Waals surface area contributed by atoms with Gasteiger partial charge in [-0.2, -0.15) is 5.10 Å². The molecule has 1 saturated heterocycles. The van der Waals surface area contributed by atoms with E-state index in [0.717, 1.165) is 25.4 Å². The normalized spacial score (nSPS) is 14.0. The average Bonchev–Trinajstić information content (AvgIpc) is 3.28. The van der Waals surface area contributed by atoms with Crippen LogP contribution < -0.4 is 14.8 Å². The van der Waals surface area contributed by atoms with Crippen LogP contribution in [0, 0.1) is 0 Å². The Morgan fingerprint density at radius 1 is 1.06 bits per heavy atom. The molecule has 0 atom stereocenters. The Morgan fingerprint density at radius 3 is 2.58 bits per heavy atom. The Morgan fingerprint density at radius 2 is 1.82 bits per heavy atom. The van der Waals surface area contributed by atoms with E-state index in [4.69, 9.17) is 9.47 Å². The molecule has 33 heavy (non-hydrogen) atoms. The third-order valence-corrected chi connectivity index (χ3v) is 5.54.